The van der Waals surface area contributed by atoms with Crippen LogP contribution >= 0.6 is 11.3 Å². The number of amides is 1. The predicted octanol–water partition coefficient (Wildman–Crippen LogP) is 3.97. The van der Waals surface area contributed by atoms with Crippen molar-refractivity contribution < 1.29 is 14.3 Å². The van der Waals surface area contributed by atoms with Gasteiger partial charge in [0.1, 0.15) is 12.4 Å². The zero-order chi connectivity index (χ0) is 18.2. The second-order valence-electron chi connectivity index (χ2n) is 5.39. The summed E-state index contributed by atoms with van der Waals surface area (Å²) in [5.74, 6) is 6.85. The van der Waals surface area contributed by atoms with E-state index in [9.17, 15) is 4.79 Å². The molecule has 0 spiro atoms. The van der Waals surface area contributed by atoms with Crippen LogP contribution in [0.4, 0.5) is 4.79 Å². The maximum Gasteiger partial charge on any atom is 0.407 e. The van der Waals surface area contributed by atoms with Crippen molar-refractivity contribution in [3.05, 3.63) is 59.1 Å². The molecular formula is C20H18N2O3S. The lowest BCUT2D eigenvalue weighted by atomic mass is 10.2. The molecule has 2 aromatic carbocycles. The number of methoxy groups -OCH3 is 1. The van der Waals surface area contributed by atoms with Gasteiger partial charge in [-0.25, -0.2) is 9.78 Å². The monoisotopic (exact) mass is 366 g/mol. The van der Waals surface area contributed by atoms with Crippen molar-refractivity contribution in [2.24, 2.45) is 0 Å². The van der Waals surface area contributed by atoms with Gasteiger partial charge in [0.2, 0.25) is 0 Å². The molecule has 1 amide bonds. The first-order valence-corrected chi connectivity index (χ1v) is 8.94. The highest BCUT2D eigenvalue weighted by atomic mass is 32.1. The van der Waals surface area contributed by atoms with Crippen LogP contribution in [0.3, 0.4) is 0 Å². The first kappa shape index (κ1) is 17.8. The minimum absolute atomic E-state index is 0.257. The molecule has 1 N–H and O–H groups in total. The summed E-state index contributed by atoms with van der Waals surface area (Å²) in [5.41, 5.74) is 1.86. The number of fused-ring (bicyclic) bond motifs is 1. The fourth-order valence-corrected chi connectivity index (χ4v) is 3.09. The molecule has 0 bridgehead atoms. The largest absolute Gasteiger partial charge is 0.497 e. The number of aromatic nitrogens is 1. The number of carbonyl (C=O) groups excluding carboxylic acids is 1. The molecule has 0 aliphatic rings. The molecule has 0 aliphatic heterocycles. The van der Waals surface area contributed by atoms with E-state index in [1.54, 1.807) is 7.11 Å². The molecule has 1 aromatic heterocycles. The van der Waals surface area contributed by atoms with Crippen molar-refractivity contribution in [1.82, 2.24) is 10.3 Å². The lowest BCUT2D eigenvalue weighted by Gasteiger charge is -2.05. The van der Waals surface area contributed by atoms with Crippen LogP contribution in [-0.4, -0.2) is 24.7 Å². The van der Waals surface area contributed by atoms with Crippen LogP contribution in [0.5, 0.6) is 5.75 Å². The molecule has 5 nitrogen and oxygen atoms in total. The fraction of sp³-hybridized carbons (Fsp3) is 0.200. The smallest absolute Gasteiger partial charge is 0.407 e. The molecule has 26 heavy (non-hydrogen) atoms. The number of hydrogen-bond donors (Lipinski definition) is 1. The van der Waals surface area contributed by atoms with Crippen molar-refractivity contribution in [2.75, 3.05) is 13.7 Å². The molecule has 0 radical (unpaired) electrons. The van der Waals surface area contributed by atoms with Gasteiger partial charge < -0.3 is 14.8 Å². The Morgan fingerprint density at radius 2 is 2.08 bits per heavy atom. The van der Waals surface area contributed by atoms with E-state index >= 15 is 0 Å². The molecule has 6 heteroatoms. The number of rotatable bonds is 5. The van der Waals surface area contributed by atoms with Crippen LogP contribution in [0.1, 0.15) is 17.0 Å². The van der Waals surface area contributed by atoms with Crippen molar-refractivity contribution in [3.63, 3.8) is 0 Å². The molecule has 0 saturated heterocycles. The van der Waals surface area contributed by atoms with Crippen LogP contribution in [0.2, 0.25) is 0 Å². The number of hydrogen-bond acceptors (Lipinski definition) is 5. The van der Waals surface area contributed by atoms with Gasteiger partial charge in [0.25, 0.3) is 0 Å². The average Bonchev–Trinajstić information content (AvgIpc) is 3.08. The molecule has 0 fully saturated rings. The minimum Gasteiger partial charge on any atom is -0.497 e. The van der Waals surface area contributed by atoms with Gasteiger partial charge in [-0.3, -0.25) is 0 Å². The Kier molecular flexibility index (Phi) is 6.07. The highest BCUT2D eigenvalue weighted by molar-refractivity contribution is 7.19. The third-order valence-electron chi connectivity index (χ3n) is 3.52. The maximum absolute atomic E-state index is 11.6. The van der Waals surface area contributed by atoms with Crippen LogP contribution < -0.4 is 10.1 Å². The van der Waals surface area contributed by atoms with E-state index < -0.39 is 6.09 Å². The summed E-state index contributed by atoms with van der Waals surface area (Å²) in [6.07, 6.45) is 0.0856. The third-order valence-corrected chi connectivity index (χ3v) is 4.46. The van der Waals surface area contributed by atoms with Gasteiger partial charge in [0.15, 0.2) is 5.01 Å². The van der Waals surface area contributed by atoms with Crippen LogP contribution in [-0.2, 0) is 11.3 Å². The van der Waals surface area contributed by atoms with Crippen LogP contribution in [0, 0.1) is 11.8 Å². The lowest BCUT2D eigenvalue weighted by Crippen LogP contribution is -2.24. The molecule has 3 rings (SSSR count). The molecule has 1 heterocycles. The maximum atomic E-state index is 11.6. The van der Waals surface area contributed by atoms with E-state index in [0.29, 0.717) is 13.0 Å². The third kappa shape index (κ3) is 4.98. The first-order valence-electron chi connectivity index (χ1n) is 8.12. The zero-order valence-electron chi connectivity index (χ0n) is 14.3. The van der Waals surface area contributed by atoms with Gasteiger partial charge >= 0.3 is 6.09 Å². The van der Waals surface area contributed by atoms with E-state index in [1.165, 1.54) is 11.3 Å². The van der Waals surface area contributed by atoms with Gasteiger partial charge in [-0.05, 0) is 29.7 Å². The Morgan fingerprint density at radius 3 is 2.88 bits per heavy atom. The summed E-state index contributed by atoms with van der Waals surface area (Å²) in [6, 6.07) is 15.3. The number of benzene rings is 2. The van der Waals surface area contributed by atoms with Crippen molar-refractivity contribution >= 4 is 27.6 Å². The Bertz CT molecular complexity index is 942. The van der Waals surface area contributed by atoms with Gasteiger partial charge in [0.05, 0.1) is 17.3 Å². The normalized spacial score (nSPS) is 10.0. The fourth-order valence-electron chi connectivity index (χ4n) is 2.22. The number of ether oxygens (including phenoxy) is 2. The summed E-state index contributed by atoms with van der Waals surface area (Å²) >= 11 is 1.52. The SMILES string of the molecule is COc1ccc2nc(C#CCCNC(=O)OCc3ccccc3)sc2c1. The van der Waals surface area contributed by atoms with E-state index in [4.69, 9.17) is 9.47 Å². The van der Waals surface area contributed by atoms with Crippen molar-refractivity contribution in [1.29, 1.82) is 0 Å². The van der Waals surface area contributed by atoms with Gasteiger partial charge in [-0.15, -0.1) is 11.3 Å². The second kappa shape index (κ2) is 8.88. The number of alkyl carbamates (subject to hydrolysis) is 1. The number of thiazole rings is 1. The van der Waals surface area contributed by atoms with E-state index in [-0.39, 0.29) is 6.61 Å². The molecule has 0 saturated carbocycles. The minimum atomic E-state index is -0.442. The van der Waals surface area contributed by atoms with E-state index in [0.717, 1.165) is 26.5 Å². The zero-order valence-corrected chi connectivity index (χ0v) is 15.1. The molecular weight excluding hydrogens is 348 g/mol. The van der Waals surface area contributed by atoms with Crippen LogP contribution in [0.25, 0.3) is 10.2 Å². The summed E-state index contributed by atoms with van der Waals surface area (Å²) in [4.78, 5) is 16.1. The molecule has 0 atom stereocenters. The predicted molar refractivity (Wildman–Crippen MR) is 102 cm³/mol. The van der Waals surface area contributed by atoms with Gasteiger partial charge in [-0.1, -0.05) is 36.3 Å². The summed E-state index contributed by atoms with van der Waals surface area (Å²) in [5, 5.41) is 3.43. The number of nitrogens with one attached hydrogen (secondary N) is 1. The quantitative estimate of drug-likeness (QED) is 0.548. The number of carbonyl (C=O) groups is 1. The van der Waals surface area contributed by atoms with Gasteiger partial charge in [-0.2, -0.15) is 0 Å². The summed E-state index contributed by atoms with van der Waals surface area (Å²) in [6.45, 7) is 0.687. The molecule has 132 valence electrons. The van der Waals surface area contributed by atoms with Crippen molar-refractivity contribution in [3.8, 4) is 17.6 Å². The van der Waals surface area contributed by atoms with E-state index in [1.807, 2.05) is 48.5 Å². The topological polar surface area (TPSA) is 60.5 Å². The standard InChI is InChI=1S/C20H18N2O3S/c1-24-16-10-11-17-18(13-16)26-19(22-17)9-5-6-12-21-20(23)25-14-15-7-3-2-4-8-15/h2-4,7-8,10-11,13H,6,12,14H2,1H3,(H,21,23). The Balaban J connectivity index is 1.43. The van der Waals surface area contributed by atoms with Crippen LogP contribution in [0.15, 0.2) is 48.5 Å². The van der Waals surface area contributed by atoms with E-state index in [2.05, 4.69) is 22.1 Å². The highest BCUT2D eigenvalue weighted by Crippen LogP contribution is 2.25. The average molecular weight is 366 g/mol. The highest BCUT2D eigenvalue weighted by Gasteiger charge is 2.03. The first-order chi connectivity index (χ1) is 12.7. The Hall–Kier alpha value is -3.04. The summed E-state index contributed by atoms with van der Waals surface area (Å²) < 4.78 is 11.4. The summed E-state index contributed by atoms with van der Waals surface area (Å²) in [7, 11) is 1.64. The molecule has 3 aromatic rings. The Morgan fingerprint density at radius 1 is 1.23 bits per heavy atom. The molecule has 0 unspecified atom stereocenters. The lowest BCUT2D eigenvalue weighted by molar-refractivity contribution is 0.140. The molecule has 0 aliphatic carbocycles. The Labute approximate surface area is 156 Å². The number of nitrogens with zero attached hydrogens (tertiary/aromatic N) is 1. The van der Waals surface area contributed by atoms with Gasteiger partial charge in [0, 0.05) is 13.0 Å². The van der Waals surface area contributed by atoms with Crippen molar-refractivity contribution in [2.45, 2.75) is 13.0 Å². The second-order valence-corrected chi connectivity index (χ2v) is 6.42.